The summed E-state index contributed by atoms with van der Waals surface area (Å²) < 4.78 is 5.12. The number of nitroso groups, excluding NO2 is 2. The van der Waals surface area contributed by atoms with Gasteiger partial charge in [0, 0.05) is 5.92 Å². The van der Waals surface area contributed by atoms with E-state index in [1.165, 1.54) is 12.2 Å². The summed E-state index contributed by atoms with van der Waals surface area (Å²) in [5, 5.41) is 5.69. The van der Waals surface area contributed by atoms with Gasteiger partial charge in [-0.15, -0.1) is 0 Å². The molecule has 0 saturated heterocycles. The molecular weight excluding hydrogens is 324 g/mol. The first kappa shape index (κ1) is 22.6. The van der Waals surface area contributed by atoms with E-state index in [1.807, 2.05) is 0 Å². The van der Waals surface area contributed by atoms with Crippen molar-refractivity contribution >= 4 is 11.8 Å². The predicted octanol–water partition coefficient (Wildman–Crippen LogP) is 3.74. The molecular formula is C18H26N2O5. The summed E-state index contributed by atoms with van der Waals surface area (Å²) in [5.74, 6) is -1.61. The van der Waals surface area contributed by atoms with E-state index in [1.54, 1.807) is 26.8 Å². The number of allylic oxidation sites excluding steroid dienone is 3. The van der Waals surface area contributed by atoms with Crippen molar-refractivity contribution in [3.05, 3.63) is 46.8 Å². The van der Waals surface area contributed by atoms with Gasteiger partial charge in [0.05, 0.1) is 5.57 Å². The van der Waals surface area contributed by atoms with Gasteiger partial charge >= 0.3 is 5.97 Å². The maximum absolute atomic E-state index is 12.1. The topological polar surface area (TPSA) is 102 Å². The molecule has 7 nitrogen and oxygen atoms in total. The van der Waals surface area contributed by atoms with Crippen molar-refractivity contribution in [2.75, 3.05) is 6.54 Å². The second-order valence-electron chi connectivity index (χ2n) is 5.93. The quantitative estimate of drug-likeness (QED) is 0.218. The number of carbonyl (C=O) groups is 2. The van der Waals surface area contributed by atoms with Gasteiger partial charge in [-0.25, -0.2) is 4.79 Å². The van der Waals surface area contributed by atoms with E-state index in [4.69, 9.17) is 4.74 Å². The van der Waals surface area contributed by atoms with Crippen LogP contribution in [0.3, 0.4) is 0 Å². The normalized spacial score (nSPS) is 15.6. The molecule has 138 valence electrons. The lowest BCUT2D eigenvalue weighted by atomic mass is 9.86. The van der Waals surface area contributed by atoms with Crippen LogP contribution in [0.1, 0.15) is 33.6 Å². The summed E-state index contributed by atoms with van der Waals surface area (Å²) in [7, 11) is 0. The molecule has 7 heteroatoms. The van der Waals surface area contributed by atoms with Crippen LogP contribution in [0.15, 0.2) is 47.3 Å². The van der Waals surface area contributed by atoms with Gasteiger partial charge in [0.25, 0.3) is 0 Å². The highest BCUT2D eigenvalue weighted by Crippen LogP contribution is 2.24. The summed E-state index contributed by atoms with van der Waals surface area (Å²) in [6, 6.07) is -1.01. The van der Waals surface area contributed by atoms with Crippen LogP contribution in [-0.2, 0) is 14.3 Å². The zero-order chi connectivity index (χ0) is 19.4. The average Bonchev–Trinajstić information content (AvgIpc) is 2.59. The maximum atomic E-state index is 12.1. The van der Waals surface area contributed by atoms with E-state index >= 15 is 0 Å². The molecule has 4 atom stereocenters. The monoisotopic (exact) mass is 350 g/mol. The zero-order valence-electron chi connectivity index (χ0n) is 15.0. The van der Waals surface area contributed by atoms with E-state index in [-0.39, 0.29) is 29.7 Å². The van der Waals surface area contributed by atoms with Crippen LogP contribution in [0.5, 0.6) is 0 Å². The third-order valence-corrected chi connectivity index (χ3v) is 3.89. The van der Waals surface area contributed by atoms with Crippen LogP contribution in [-0.4, -0.2) is 30.4 Å². The van der Waals surface area contributed by atoms with Gasteiger partial charge in [0.2, 0.25) is 0 Å². The molecule has 0 heterocycles. The minimum Gasteiger partial charge on any atom is -0.457 e. The second-order valence-corrected chi connectivity index (χ2v) is 5.93. The van der Waals surface area contributed by atoms with Gasteiger partial charge < -0.3 is 4.74 Å². The lowest BCUT2D eigenvalue weighted by Crippen LogP contribution is -2.29. The zero-order valence-corrected chi connectivity index (χ0v) is 15.0. The Morgan fingerprint density at radius 3 is 2.36 bits per heavy atom. The smallest absolute Gasteiger partial charge is 0.336 e. The van der Waals surface area contributed by atoms with Gasteiger partial charge in [-0.3, -0.25) is 4.79 Å². The Bertz CT molecular complexity index is 542. The largest absolute Gasteiger partial charge is 0.457 e. The lowest BCUT2D eigenvalue weighted by molar-refractivity contribution is -0.144. The molecule has 0 aromatic heterocycles. The van der Waals surface area contributed by atoms with Crippen molar-refractivity contribution < 1.29 is 14.3 Å². The average molecular weight is 350 g/mol. The molecule has 0 bridgehead atoms. The molecule has 0 aliphatic carbocycles. The molecule has 0 fully saturated rings. The third-order valence-electron chi connectivity index (χ3n) is 3.89. The second kappa shape index (κ2) is 12.0. The number of esters is 1. The van der Waals surface area contributed by atoms with Crippen molar-refractivity contribution in [3.8, 4) is 0 Å². The van der Waals surface area contributed by atoms with Crippen molar-refractivity contribution in [3.63, 3.8) is 0 Å². The van der Waals surface area contributed by atoms with Crippen molar-refractivity contribution in [2.45, 2.75) is 45.8 Å². The first-order valence-electron chi connectivity index (χ1n) is 8.16. The number of hydrogen-bond donors (Lipinski definition) is 0. The maximum Gasteiger partial charge on any atom is 0.336 e. The van der Waals surface area contributed by atoms with E-state index in [0.29, 0.717) is 12.8 Å². The van der Waals surface area contributed by atoms with E-state index in [2.05, 4.69) is 23.5 Å². The molecule has 0 amide bonds. The molecule has 0 aliphatic heterocycles. The van der Waals surface area contributed by atoms with Crippen LogP contribution in [0.25, 0.3) is 0 Å². The molecule has 0 aliphatic rings. The predicted molar refractivity (Wildman–Crippen MR) is 96.8 cm³/mol. The van der Waals surface area contributed by atoms with Crippen molar-refractivity contribution in [1.29, 1.82) is 0 Å². The third kappa shape index (κ3) is 7.78. The number of ether oxygens (including phenoxy) is 1. The van der Waals surface area contributed by atoms with E-state index in [0.717, 1.165) is 0 Å². The summed E-state index contributed by atoms with van der Waals surface area (Å²) in [6.07, 6.45) is 4.57. The number of ketones is 1. The molecule has 0 N–H and O–H groups in total. The Hall–Kier alpha value is -2.44. The fraction of sp³-hybridized carbons (Fsp3) is 0.556. The Kier molecular flexibility index (Phi) is 10.8. The van der Waals surface area contributed by atoms with Crippen LogP contribution in [0, 0.1) is 21.6 Å². The molecule has 0 aromatic carbocycles. The molecule has 25 heavy (non-hydrogen) atoms. The first-order chi connectivity index (χ1) is 11.8. The number of rotatable bonds is 13. The minimum atomic E-state index is -1.01. The Balaban J connectivity index is 4.90. The summed E-state index contributed by atoms with van der Waals surface area (Å²) in [6.45, 7) is 12.1. The van der Waals surface area contributed by atoms with Gasteiger partial charge in [-0.2, -0.15) is 9.81 Å². The van der Waals surface area contributed by atoms with Crippen molar-refractivity contribution in [2.24, 2.45) is 22.2 Å². The van der Waals surface area contributed by atoms with Gasteiger partial charge in [0.15, 0.2) is 5.78 Å². The fourth-order valence-electron chi connectivity index (χ4n) is 2.32. The van der Waals surface area contributed by atoms with Gasteiger partial charge in [0.1, 0.15) is 18.7 Å². The fourth-order valence-corrected chi connectivity index (χ4v) is 2.32. The van der Waals surface area contributed by atoms with Crippen LogP contribution < -0.4 is 0 Å². The molecule has 0 radical (unpaired) electrons. The Labute approximate surface area is 148 Å². The highest BCUT2D eigenvalue weighted by molar-refractivity contribution is 5.92. The molecule has 0 rings (SSSR count). The van der Waals surface area contributed by atoms with E-state index in [9.17, 15) is 19.4 Å². The summed E-state index contributed by atoms with van der Waals surface area (Å²) in [4.78, 5) is 45.5. The highest BCUT2D eigenvalue weighted by Gasteiger charge is 2.30. The Morgan fingerprint density at radius 1 is 1.24 bits per heavy atom. The SMILES string of the molecule is C=C/C=C/C(=O)[C@H](C)C[C@H](C)[C@H](N=O)C(=C)C(=O)O[C@H](CC)CN=O. The number of nitrogens with zero attached hydrogens (tertiary/aromatic N) is 2. The molecule has 0 spiro atoms. The standard InChI is InChI=1S/C18H26N2O5/c1-6-8-9-16(21)12(3)10-13(4)17(20-24)14(5)18(22)25-15(7-2)11-19-23/h6,8-9,12-13,15,17H,1,5,7,10-11H2,2-4H3/b9-8+/t12-,13+,15-,17+/m1/s1. The number of carbonyl (C=O) groups excluding carboxylic acids is 2. The number of hydrogen-bond acceptors (Lipinski definition) is 7. The van der Waals surface area contributed by atoms with Gasteiger partial charge in [-0.1, -0.05) is 56.4 Å². The summed E-state index contributed by atoms with van der Waals surface area (Å²) in [5.41, 5.74) is -0.0897. The molecule has 0 aromatic rings. The lowest BCUT2D eigenvalue weighted by Gasteiger charge is -2.22. The minimum absolute atomic E-state index is 0.0897. The van der Waals surface area contributed by atoms with Gasteiger partial charge in [-0.05, 0) is 24.8 Å². The first-order valence-corrected chi connectivity index (χ1v) is 8.16. The Morgan fingerprint density at radius 2 is 1.88 bits per heavy atom. The summed E-state index contributed by atoms with van der Waals surface area (Å²) >= 11 is 0. The van der Waals surface area contributed by atoms with Crippen molar-refractivity contribution in [1.82, 2.24) is 0 Å². The van der Waals surface area contributed by atoms with Crippen LogP contribution >= 0.6 is 0 Å². The van der Waals surface area contributed by atoms with Crippen LogP contribution in [0.4, 0.5) is 0 Å². The van der Waals surface area contributed by atoms with Crippen LogP contribution in [0.2, 0.25) is 0 Å². The van der Waals surface area contributed by atoms with E-state index < -0.39 is 18.1 Å². The molecule has 0 saturated carbocycles. The molecule has 0 unspecified atom stereocenters. The highest BCUT2D eigenvalue weighted by atomic mass is 16.5.